The molecule has 0 saturated heterocycles. The monoisotopic (exact) mass is 267 g/mol. The maximum absolute atomic E-state index is 6.11. The van der Waals surface area contributed by atoms with Crippen molar-refractivity contribution in [2.45, 2.75) is 13.5 Å². The van der Waals surface area contributed by atoms with Gasteiger partial charge in [0.1, 0.15) is 6.33 Å². The lowest BCUT2D eigenvalue weighted by Gasteiger charge is -2.09. The second-order valence-corrected chi connectivity index (χ2v) is 4.45. The highest BCUT2D eigenvalue weighted by atomic mass is 35.5. The molecule has 0 fully saturated rings. The van der Waals surface area contributed by atoms with E-state index < -0.39 is 0 Å². The van der Waals surface area contributed by atoms with Gasteiger partial charge in [-0.3, -0.25) is 0 Å². The van der Waals surface area contributed by atoms with Gasteiger partial charge in [-0.25, -0.2) is 9.97 Å². The standard InChI is InChI=1S/C12H11Cl2N3/c1-8-4-11(14)12(5-10(8)13)16-6-9-2-3-15-7-17-9/h2-5,7,16H,6H2,1H3. The van der Waals surface area contributed by atoms with E-state index in [0.29, 0.717) is 16.6 Å². The molecule has 0 spiro atoms. The first-order chi connectivity index (χ1) is 8.16. The topological polar surface area (TPSA) is 37.8 Å². The van der Waals surface area contributed by atoms with Crippen molar-refractivity contribution in [1.82, 2.24) is 9.97 Å². The van der Waals surface area contributed by atoms with Crippen LogP contribution < -0.4 is 5.32 Å². The van der Waals surface area contributed by atoms with E-state index in [2.05, 4.69) is 15.3 Å². The Morgan fingerprint density at radius 1 is 1.24 bits per heavy atom. The molecule has 2 aromatic rings. The first kappa shape index (κ1) is 12.1. The van der Waals surface area contributed by atoms with Crippen molar-refractivity contribution < 1.29 is 0 Å². The van der Waals surface area contributed by atoms with E-state index in [9.17, 15) is 0 Å². The smallest absolute Gasteiger partial charge is 0.115 e. The molecule has 2 rings (SSSR count). The van der Waals surface area contributed by atoms with Crippen molar-refractivity contribution in [1.29, 1.82) is 0 Å². The third kappa shape index (κ3) is 3.08. The summed E-state index contributed by atoms with van der Waals surface area (Å²) in [6, 6.07) is 5.50. The number of benzene rings is 1. The molecule has 0 aliphatic rings. The van der Waals surface area contributed by atoms with Crippen LogP contribution in [0.2, 0.25) is 10.0 Å². The minimum absolute atomic E-state index is 0.585. The molecule has 1 aromatic heterocycles. The van der Waals surface area contributed by atoms with Crippen LogP contribution in [-0.2, 0) is 6.54 Å². The Balaban J connectivity index is 2.12. The molecule has 0 aliphatic carbocycles. The average molecular weight is 268 g/mol. The Hall–Kier alpha value is -1.32. The normalized spacial score (nSPS) is 10.3. The van der Waals surface area contributed by atoms with Gasteiger partial charge < -0.3 is 5.32 Å². The molecule has 0 bridgehead atoms. The van der Waals surface area contributed by atoms with Gasteiger partial charge in [-0.2, -0.15) is 0 Å². The van der Waals surface area contributed by atoms with Crippen LogP contribution in [0.4, 0.5) is 5.69 Å². The number of nitrogens with zero attached hydrogens (tertiary/aromatic N) is 2. The summed E-state index contributed by atoms with van der Waals surface area (Å²) in [5.74, 6) is 0. The SMILES string of the molecule is Cc1cc(Cl)c(NCc2ccncn2)cc1Cl. The predicted octanol–water partition coefficient (Wildman–Crippen LogP) is 3.70. The quantitative estimate of drug-likeness (QED) is 0.922. The molecule has 0 amide bonds. The Morgan fingerprint density at radius 2 is 2.06 bits per heavy atom. The molecule has 1 N–H and O–H groups in total. The van der Waals surface area contributed by atoms with Gasteiger partial charge in [0.05, 0.1) is 22.9 Å². The molecule has 1 aromatic carbocycles. The van der Waals surface area contributed by atoms with E-state index in [0.717, 1.165) is 16.9 Å². The summed E-state index contributed by atoms with van der Waals surface area (Å²) >= 11 is 12.2. The summed E-state index contributed by atoms with van der Waals surface area (Å²) in [7, 11) is 0. The summed E-state index contributed by atoms with van der Waals surface area (Å²) in [5.41, 5.74) is 2.66. The molecule has 3 nitrogen and oxygen atoms in total. The number of hydrogen-bond donors (Lipinski definition) is 1. The number of halogens is 2. The second-order valence-electron chi connectivity index (χ2n) is 3.64. The Bertz CT molecular complexity index is 515. The molecular formula is C12H11Cl2N3. The van der Waals surface area contributed by atoms with Crippen LogP contribution >= 0.6 is 23.2 Å². The third-order valence-corrected chi connectivity index (χ3v) is 3.07. The largest absolute Gasteiger partial charge is 0.378 e. The summed E-state index contributed by atoms with van der Waals surface area (Å²) in [4.78, 5) is 7.97. The lowest BCUT2D eigenvalue weighted by atomic mass is 10.2. The zero-order chi connectivity index (χ0) is 12.3. The minimum Gasteiger partial charge on any atom is -0.378 e. The van der Waals surface area contributed by atoms with E-state index in [-0.39, 0.29) is 0 Å². The van der Waals surface area contributed by atoms with Gasteiger partial charge in [0, 0.05) is 11.2 Å². The molecule has 0 aliphatic heterocycles. The van der Waals surface area contributed by atoms with Gasteiger partial charge in [-0.15, -0.1) is 0 Å². The summed E-state index contributed by atoms with van der Waals surface area (Å²) in [6.45, 7) is 2.50. The van der Waals surface area contributed by atoms with Crippen molar-refractivity contribution in [3.05, 3.63) is 52.0 Å². The number of hydrogen-bond acceptors (Lipinski definition) is 3. The third-order valence-electron chi connectivity index (χ3n) is 2.35. The highest BCUT2D eigenvalue weighted by Crippen LogP contribution is 2.28. The number of aromatic nitrogens is 2. The predicted molar refractivity (Wildman–Crippen MR) is 70.6 cm³/mol. The molecule has 0 saturated carbocycles. The van der Waals surface area contributed by atoms with Crippen LogP contribution in [0.15, 0.2) is 30.7 Å². The molecule has 0 unspecified atom stereocenters. The van der Waals surface area contributed by atoms with Crippen molar-refractivity contribution in [3.8, 4) is 0 Å². The van der Waals surface area contributed by atoms with E-state index in [1.165, 1.54) is 6.33 Å². The molecule has 17 heavy (non-hydrogen) atoms. The number of anilines is 1. The average Bonchev–Trinajstić information content (AvgIpc) is 2.33. The highest BCUT2D eigenvalue weighted by molar-refractivity contribution is 6.35. The number of aryl methyl sites for hydroxylation is 1. The molecular weight excluding hydrogens is 257 g/mol. The van der Waals surface area contributed by atoms with Gasteiger partial charge in [-0.1, -0.05) is 23.2 Å². The van der Waals surface area contributed by atoms with Crippen molar-refractivity contribution in [2.75, 3.05) is 5.32 Å². The summed E-state index contributed by atoms with van der Waals surface area (Å²) < 4.78 is 0. The van der Waals surface area contributed by atoms with E-state index in [1.807, 2.05) is 25.1 Å². The summed E-state index contributed by atoms with van der Waals surface area (Å²) in [5, 5.41) is 4.54. The molecule has 1 heterocycles. The van der Waals surface area contributed by atoms with Crippen molar-refractivity contribution in [3.63, 3.8) is 0 Å². The Kier molecular flexibility index (Phi) is 3.82. The number of rotatable bonds is 3. The van der Waals surface area contributed by atoms with E-state index in [4.69, 9.17) is 23.2 Å². The fourth-order valence-electron chi connectivity index (χ4n) is 1.39. The van der Waals surface area contributed by atoms with Crippen LogP contribution in [0, 0.1) is 6.92 Å². The Morgan fingerprint density at radius 3 is 2.76 bits per heavy atom. The zero-order valence-corrected chi connectivity index (χ0v) is 10.8. The van der Waals surface area contributed by atoms with Crippen molar-refractivity contribution in [2.24, 2.45) is 0 Å². The fourth-order valence-corrected chi connectivity index (χ4v) is 1.84. The number of nitrogens with one attached hydrogen (secondary N) is 1. The molecule has 0 radical (unpaired) electrons. The maximum atomic E-state index is 6.11. The molecule has 88 valence electrons. The second kappa shape index (κ2) is 5.34. The minimum atomic E-state index is 0.585. The maximum Gasteiger partial charge on any atom is 0.115 e. The molecule has 5 heteroatoms. The fraction of sp³-hybridized carbons (Fsp3) is 0.167. The van der Waals surface area contributed by atoms with E-state index in [1.54, 1.807) is 6.20 Å². The highest BCUT2D eigenvalue weighted by Gasteiger charge is 2.04. The van der Waals surface area contributed by atoms with Gasteiger partial charge in [0.2, 0.25) is 0 Å². The zero-order valence-electron chi connectivity index (χ0n) is 9.24. The Labute approximate surface area is 110 Å². The first-order valence-electron chi connectivity index (χ1n) is 5.11. The van der Waals surface area contributed by atoms with Crippen LogP contribution in [0.3, 0.4) is 0 Å². The lowest BCUT2D eigenvalue weighted by molar-refractivity contribution is 1.01. The van der Waals surface area contributed by atoms with Gasteiger partial charge in [0.15, 0.2) is 0 Å². The summed E-state index contributed by atoms with van der Waals surface area (Å²) in [6.07, 6.45) is 3.22. The van der Waals surface area contributed by atoms with Crippen LogP contribution in [0.5, 0.6) is 0 Å². The van der Waals surface area contributed by atoms with E-state index >= 15 is 0 Å². The van der Waals surface area contributed by atoms with Gasteiger partial charge in [0.25, 0.3) is 0 Å². The van der Waals surface area contributed by atoms with Crippen molar-refractivity contribution >= 4 is 28.9 Å². The van der Waals surface area contributed by atoms with Crippen LogP contribution in [0.1, 0.15) is 11.3 Å². The van der Waals surface area contributed by atoms with Gasteiger partial charge in [-0.05, 0) is 30.7 Å². The van der Waals surface area contributed by atoms with Crippen LogP contribution in [-0.4, -0.2) is 9.97 Å². The van der Waals surface area contributed by atoms with Crippen LogP contribution in [0.25, 0.3) is 0 Å². The van der Waals surface area contributed by atoms with Gasteiger partial charge >= 0.3 is 0 Å². The first-order valence-corrected chi connectivity index (χ1v) is 5.87. The lowest BCUT2D eigenvalue weighted by Crippen LogP contribution is -2.02. The molecule has 0 atom stereocenters.